The fraction of sp³-hybridized carbons (Fsp3) is 0.333. The second kappa shape index (κ2) is 5.05. The number of ether oxygens (including phenoxy) is 1. The largest absolute Gasteiger partial charge is 0.383 e. The van der Waals surface area contributed by atoms with Gasteiger partial charge in [0.1, 0.15) is 4.88 Å². The van der Waals surface area contributed by atoms with Gasteiger partial charge in [-0.25, -0.2) is 0 Å². The summed E-state index contributed by atoms with van der Waals surface area (Å²) in [5.41, 5.74) is 5.79. The van der Waals surface area contributed by atoms with E-state index >= 15 is 0 Å². The van der Waals surface area contributed by atoms with Crippen LogP contribution in [0.3, 0.4) is 0 Å². The summed E-state index contributed by atoms with van der Waals surface area (Å²) in [6, 6.07) is 1.57. The van der Waals surface area contributed by atoms with E-state index in [2.05, 4.69) is 26.1 Å². The van der Waals surface area contributed by atoms with E-state index in [-0.39, 0.29) is 6.04 Å². The molecule has 0 aliphatic carbocycles. The predicted molar refractivity (Wildman–Crippen MR) is 64.1 cm³/mol. The van der Waals surface area contributed by atoms with Crippen LogP contribution in [0.2, 0.25) is 0 Å². The molecule has 0 bridgehead atoms. The SMILES string of the molecule is COCC(N)c1noc(-c2sccc2Br)n1. The molecule has 0 fully saturated rings. The molecule has 16 heavy (non-hydrogen) atoms. The van der Waals surface area contributed by atoms with Gasteiger partial charge in [-0.15, -0.1) is 11.3 Å². The van der Waals surface area contributed by atoms with Crippen molar-refractivity contribution in [1.29, 1.82) is 0 Å². The van der Waals surface area contributed by atoms with Crippen molar-refractivity contribution in [1.82, 2.24) is 10.1 Å². The van der Waals surface area contributed by atoms with Crippen molar-refractivity contribution in [2.45, 2.75) is 6.04 Å². The molecule has 2 rings (SSSR count). The summed E-state index contributed by atoms with van der Waals surface area (Å²) in [6.07, 6.45) is 0. The highest BCUT2D eigenvalue weighted by molar-refractivity contribution is 9.10. The van der Waals surface area contributed by atoms with Crippen LogP contribution in [0.5, 0.6) is 0 Å². The zero-order valence-corrected chi connectivity index (χ0v) is 10.9. The van der Waals surface area contributed by atoms with Crippen molar-refractivity contribution in [3.05, 3.63) is 21.7 Å². The van der Waals surface area contributed by atoms with Crippen LogP contribution < -0.4 is 5.73 Å². The second-order valence-corrected chi connectivity index (χ2v) is 4.89. The molecule has 0 radical (unpaired) electrons. The first kappa shape index (κ1) is 11.7. The van der Waals surface area contributed by atoms with Crippen LogP contribution in [0.4, 0.5) is 0 Å². The van der Waals surface area contributed by atoms with Gasteiger partial charge in [-0.3, -0.25) is 0 Å². The average molecular weight is 304 g/mol. The van der Waals surface area contributed by atoms with E-state index in [1.807, 2.05) is 11.4 Å². The van der Waals surface area contributed by atoms with Gasteiger partial charge in [0.05, 0.1) is 12.6 Å². The number of hydrogen-bond acceptors (Lipinski definition) is 6. The quantitative estimate of drug-likeness (QED) is 0.937. The predicted octanol–water partition coefficient (Wildman–Crippen LogP) is 2.21. The van der Waals surface area contributed by atoms with Crippen molar-refractivity contribution in [2.24, 2.45) is 5.73 Å². The average Bonchev–Trinajstić information content (AvgIpc) is 2.86. The van der Waals surface area contributed by atoms with Gasteiger partial charge in [-0.1, -0.05) is 5.16 Å². The lowest BCUT2D eigenvalue weighted by atomic mass is 10.3. The summed E-state index contributed by atoms with van der Waals surface area (Å²) in [5.74, 6) is 0.931. The van der Waals surface area contributed by atoms with Crippen molar-refractivity contribution >= 4 is 27.3 Å². The second-order valence-electron chi connectivity index (χ2n) is 3.12. The van der Waals surface area contributed by atoms with Crippen LogP contribution >= 0.6 is 27.3 Å². The maximum Gasteiger partial charge on any atom is 0.269 e. The molecule has 1 unspecified atom stereocenters. The molecule has 0 aliphatic rings. The molecule has 0 amide bonds. The lowest BCUT2D eigenvalue weighted by Crippen LogP contribution is -2.17. The van der Waals surface area contributed by atoms with Gasteiger partial charge in [0.15, 0.2) is 5.82 Å². The van der Waals surface area contributed by atoms with Crippen LogP contribution in [0.1, 0.15) is 11.9 Å². The molecular weight excluding hydrogens is 294 g/mol. The topological polar surface area (TPSA) is 74.2 Å². The van der Waals surface area contributed by atoms with Crippen LogP contribution in [0, 0.1) is 0 Å². The Hall–Kier alpha value is -0.760. The molecule has 1 atom stereocenters. The number of aromatic nitrogens is 2. The third-order valence-corrected chi connectivity index (χ3v) is 3.76. The van der Waals surface area contributed by atoms with Gasteiger partial charge in [0.2, 0.25) is 0 Å². The lowest BCUT2D eigenvalue weighted by Gasteiger charge is -2.02. The Morgan fingerprint density at radius 2 is 2.50 bits per heavy atom. The molecular formula is C9H10BrN3O2S. The maximum absolute atomic E-state index is 5.79. The first-order valence-corrected chi connectivity index (χ1v) is 6.21. The Kier molecular flexibility index (Phi) is 3.70. The minimum atomic E-state index is -0.360. The normalized spacial score (nSPS) is 12.9. The highest BCUT2D eigenvalue weighted by Gasteiger charge is 2.17. The molecule has 2 N–H and O–H groups in total. The van der Waals surface area contributed by atoms with Gasteiger partial charge in [-0.2, -0.15) is 4.98 Å². The third-order valence-electron chi connectivity index (χ3n) is 1.93. The van der Waals surface area contributed by atoms with Crippen LogP contribution in [0.15, 0.2) is 20.4 Å². The molecule has 0 aliphatic heterocycles. The molecule has 0 saturated heterocycles. The number of nitrogens with zero attached hydrogens (tertiary/aromatic N) is 2. The van der Waals surface area contributed by atoms with Crippen molar-refractivity contribution in [3.8, 4) is 10.8 Å². The monoisotopic (exact) mass is 303 g/mol. The Morgan fingerprint density at radius 1 is 1.69 bits per heavy atom. The molecule has 0 saturated carbocycles. The van der Waals surface area contributed by atoms with E-state index in [4.69, 9.17) is 15.0 Å². The van der Waals surface area contributed by atoms with Crippen molar-refractivity contribution in [2.75, 3.05) is 13.7 Å². The molecule has 2 aromatic heterocycles. The van der Waals surface area contributed by atoms with E-state index in [1.165, 1.54) is 11.3 Å². The molecule has 2 aromatic rings. The van der Waals surface area contributed by atoms with Crippen LogP contribution in [-0.2, 0) is 4.74 Å². The summed E-state index contributed by atoms with van der Waals surface area (Å²) < 4.78 is 11.0. The van der Waals surface area contributed by atoms with E-state index in [0.29, 0.717) is 18.3 Å². The Balaban J connectivity index is 2.23. The Labute approximate surface area is 105 Å². The standard InChI is InChI=1S/C9H10BrN3O2S/c1-14-4-6(11)8-12-9(15-13-8)7-5(10)2-3-16-7/h2-3,6H,4,11H2,1H3. The van der Waals surface area contributed by atoms with Gasteiger partial charge in [-0.05, 0) is 27.4 Å². The van der Waals surface area contributed by atoms with Gasteiger partial charge >= 0.3 is 0 Å². The highest BCUT2D eigenvalue weighted by atomic mass is 79.9. The fourth-order valence-electron chi connectivity index (χ4n) is 1.18. The van der Waals surface area contributed by atoms with Crippen LogP contribution in [0.25, 0.3) is 10.8 Å². The summed E-state index contributed by atoms with van der Waals surface area (Å²) in [6.45, 7) is 0.366. The number of hydrogen-bond donors (Lipinski definition) is 1. The zero-order chi connectivity index (χ0) is 11.5. The van der Waals surface area contributed by atoms with E-state index in [0.717, 1.165) is 9.35 Å². The van der Waals surface area contributed by atoms with Crippen LogP contribution in [-0.4, -0.2) is 23.9 Å². The maximum atomic E-state index is 5.79. The van der Waals surface area contributed by atoms with E-state index < -0.39 is 0 Å². The highest BCUT2D eigenvalue weighted by Crippen LogP contribution is 2.32. The Bertz CT molecular complexity index is 471. The molecule has 86 valence electrons. The van der Waals surface area contributed by atoms with Gasteiger partial charge < -0.3 is 15.0 Å². The first-order chi connectivity index (χ1) is 7.72. The first-order valence-electron chi connectivity index (χ1n) is 4.54. The zero-order valence-electron chi connectivity index (χ0n) is 8.51. The Morgan fingerprint density at radius 3 is 3.12 bits per heavy atom. The fourth-order valence-corrected chi connectivity index (χ4v) is 2.64. The van der Waals surface area contributed by atoms with Crippen molar-refractivity contribution in [3.63, 3.8) is 0 Å². The van der Waals surface area contributed by atoms with E-state index in [1.54, 1.807) is 7.11 Å². The summed E-state index contributed by atoms with van der Waals surface area (Å²) in [7, 11) is 1.58. The number of halogens is 1. The summed E-state index contributed by atoms with van der Waals surface area (Å²) >= 11 is 4.93. The smallest absolute Gasteiger partial charge is 0.269 e. The van der Waals surface area contributed by atoms with Gasteiger partial charge in [0, 0.05) is 11.6 Å². The molecule has 5 nitrogen and oxygen atoms in total. The lowest BCUT2D eigenvalue weighted by molar-refractivity contribution is 0.177. The molecule has 7 heteroatoms. The minimum Gasteiger partial charge on any atom is -0.383 e. The number of nitrogens with two attached hydrogens (primary N) is 1. The molecule has 0 spiro atoms. The molecule has 2 heterocycles. The minimum absolute atomic E-state index is 0.360. The summed E-state index contributed by atoms with van der Waals surface area (Å²) in [5, 5.41) is 5.77. The van der Waals surface area contributed by atoms with Crippen molar-refractivity contribution < 1.29 is 9.26 Å². The molecule has 0 aromatic carbocycles. The van der Waals surface area contributed by atoms with E-state index in [9.17, 15) is 0 Å². The van der Waals surface area contributed by atoms with Gasteiger partial charge in [0.25, 0.3) is 5.89 Å². The number of rotatable bonds is 4. The number of methoxy groups -OCH3 is 1. The summed E-state index contributed by atoms with van der Waals surface area (Å²) in [4.78, 5) is 5.14. The number of thiophene rings is 1. The third kappa shape index (κ3) is 2.32.